The van der Waals surface area contributed by atoms with Gasteiger partial charge in [-0.2, -0.15) is 31.4 Å². The first-order chi connectivity index (χ1) is 12.7. The van der Waals surface area contributed by atoms with Crippen LogP contribution in [0, 0.1) is 11.8 Å². The zero-order valence-electron chi connectivity index (χ0n) is 15.6. The van der Waals surface area contributed by atoms with E-state index in [9.17, 15) is 31.1 Å². The molecule has 2 rings (SSSR count). The molecule has 160 valence electrons. The third-order valence-corrected chi connectivity index (χ3v) is 4.59. The van der Waals surface area contributed by atoms with E-state index < -0.39 is 55.5 Å². The summed E-state index contributed by atoms with van der Waals surface area (Å²) in [6.45, 7) is 5.57. The van der Waals surface area contributed by atoms with Crippen LogP contribution in [0.3, 0.4) is 0 Å². The fraction of sp³-hybridized carbons (Fsp3) is 0.812. The number of alkyl halides is 6. The Morgan fingerprint density at radius 2 is 1.57 bits per heavy atom. The van der Waals surface area contributed by atoms with Gasteiger partial charge in [-0.1, -0.05) is 20.8 Å². The molecule has 2 amide bonds. The number of H-pyrrole nitrogens is 1. The van der Waals surface area contributed by atoms with Gasteiger partial charge in [0, 0.05) is 11.5 Å². The normalized spacial score (nSPS) is 24.1. The van der Waals surface area contributed by atoms with E-state index in [1.165, 1.54) is 0 Å². The Morgan fingerprint density at radius 3 is 2.00 bits per heavy atom. The molecule has 0 spiro atoms. The third kappa shape index (κ3) is 5.99. The second-order valence-electron chi connectivity index (χ2n) is 8.06. The molecule has 3 N–H and O–H groups in total. The van der Waals surface area contributed by atoms with Gasteiger partial charge in [-0.25, -0.2) is 9.78 Å². The van der Waals surface area contributed by atoms with Gasteiger partial charge in [0.2, 0.25) is 0 Å². The molecule has 1 heterocycles. The Labute approximate surface area is 157 Å². The summed E-state index contributed by atoms with van der Waals surface area (Å²) in [7, 11) is 0. The van der Waals surface area contributed by atoms with Crippen molar-refractivity contribution in [3.63, 3.8) is 0 Å². The molecule has 0 saturated heterocycles. The van der Waals surface area contributed by atoms with Crippen LogP contribution in [0.15, 0.2) is 0 Å². The number of nitrogens with zero attached hydrogens (tertiary/aromatic N) is 2. The van der Waals surface area contributed by atoms with Gasteiger partial charge in [-0.3, -0.25) is 5.10 Å². The zero-order chi connectivity index (χ0) is 21.3. The van der Waals surface area contributed by atoms with E-state index in [2.05, 4.69) is 25.8 Å². The summed E-state index contributed by atoms with van der Waals surface area (Å²) in [6.07, 6.45) is -11.7. The van der Waals surface area contributed by atoms with E-state index in [1.807, 2.05) is 20.8 Å². The highest BCUT2D eigenvalue weighted by Crippen LogP contribution is 2.45. The van der Waals surface area contributed by atoms with Crippen molar-refractivity contribution < 1.29 is 31.1 Å². The molecule has 2 unspecified atom stereocenters. The lowest BCUT2D eigenvalue weighted by molar-refractivity contribution is -0.225. The van der Waals surface area contributed by atoms with Crippen molar-refractivity contribution in [3.05, 3.63) is 11.6 Å². The van der Waals surface area contributed by atoms with Crippen molar-refractivity contribution in [2.45, 2.75) is 70.4 Å². The number of carbonyl (C=O) groups excluding carboxylic acids is 1. The molecule has 0 aromatic carbocycles. The maximum absolute atomic E-state index is 13.0. The molecule has 1 saturated carbocycles. The quantitative estimate of drug-likeness (QED) is 0.657. The second-order valence-corrected chi connectivity index (χ2v) is 8.06. The minimum Gasteiger partial charge on any atom is -0.335 e. The fourth-order valence-electron chi connectivity index (χ4n) is 3.08. The summed E-state index contributed by atoms with van der Waals surface area (Å²) < 4.78 is 77.8. The van der Waals surface area contributed by atoms with Crippen LogP contribution < -0.4 is 10.6 Å². The number of rotatable bonds is 3. The third-order valence-electron chi connectivity index (χ3n) is 4.59. The van der Waals surface area contributed by atoms with Crippen molar-refractivity contribution in [1.82, 2.24) is 25.8 Å². The first-order valence-corrected chi connectivity index (χ1v) is 8.76. The zero-order valence-corrected chi connectivity index (χ0v) is 15.6. The molecule has 1 aromatic heterocycles. The predicted molar refractivity (Wildman–Crippen MR) is 87.2 cm³/mol. The van der Waals surface area contributed by atoms with E-state index in [4.69, 9.17) is 0 Å². The van der Waals surface area contributed by atoms with Gasteiger partial charge >= 0.3 is 18.4 Å². The molecule has 0 radical (unpaired) electrons. The van der Waals surface area contributed by atoms with Crippen LogP contribution in [0.1, 0.15) is 51.7 Å². The van der Waals surface area contributed by atoms with Crippen LogP contribution in [-0.4, -0.2) is 39.6 Å². The van der Waals surface area contributed by atoms with Gasteiger partial charge in [0.25, 0.3) is 0 Å². The van der Waals surface area contributed by atoms with E-state index in [1.54, 1.807) is 0 Å². The van der Waals surface area contributed by atoms with Crippen molar-refractivity contribution in [3.8, 4) is 0 Å². The molecule has 1 fully saturated rings. The maximum atomic E-state index is 13.0. The summed E-state index contributed by atoms with van der Waals surface area (Å²) in [5, 5.41) is 11.2. The van der Waals surface area contributed by atoms with Crippen molar-refractivity contribution in [2.24, 2.45) is 11.8 Å². The fourth-order valence-corrected chi connectivity index (χ4v) is 3.08. The summed E-state index contributed by atoms with van der Waals surface area (Å²) >= 11 is 0. The SMILES string of the molecule is CC(C)(C)c1n[nH]c(CNC(=O)NC2CC(C(F)(F)F)CC(C(F)(F)F)C2)n1. The molecule has 28 heavy (non-hydrogen) atoms. The van der Waals surface area contributed by atoms with Gasteiger partial charge in [0.15, 0.2) is 5.82 Å². The number of aromatic nitrogens is 3. The molecule has 1 aliphatic rings. The van der Waals surface area contributed by atoms with Gasteiger partial charge in [0.1, 0.15) is 5.82 Å². The van der Waals surface area contributed by atoms with E-state index in [0.717, 1.165) is 0 Å². The molecule has 2 atom stereocenters. The first-order valence-electron chi connectivity index (χ1n) is 8.76. The molecule has 0 bridgehead atoms. The van der Waals surface area contributed by atoms with Crippen LogP contribution in [-0.2, 0) is 12.0 Å². The lowest BCUT2D eigenvalue weighted by Crippen LogP contribution is -2.49. The summed E-state index contributed by atoms with van der Waals surface area (Å²) in [5.74, 6) is -3.38. The van der Waals surface area contributed by atoms with Crippen LogP contribution in [0.4, 0.5) is 31.1 Å². The van der Waals surface area contributed by atoms with Crippen LogP contribution in [0.2, 0.25) is 0 Å². The molecule has 1 aromatic rings. The maximum Gasteiger partial charge on any atom is 0.391 e. The molecule has 1 aliphatic carbocycles. The molecule has 6 nitrogen and oxygen atoms in total. The molecule has 0 aliphatic heterocycles. The number of nitrogens with one attached hydrogen (secondary N) is 3. The highest BCUT2D eigenvalue weighted by atomic mass is 19.4. The standard InChI is InChI=1S/C16H23F6N5O/c1-14(2,3)12-25-11(26-27-12)7-23-13(28)24-10-5-8(15(17,18)19)4-9(6-10)16(20,21)22/h8-10H,4-7H2,1-3H3,(H2,23,24,28)(H,25,26,27). The van der Waals surface area contributed by atoms with Gasteiger partial charge in [-0.15, -0.1) is 0 Å². The summed E-state index contributed by atoms with van der Waals surface area (Å²) in [6, 6.07) is -2.09. The van der Waals surface area contributed by atoms with E-state index in [-0.39, 0.29) is 12.0 Å². The topological polar surface area (TPSA) is 82.7 Å². The van der Waals surface area contributed by atoms with Gasteiger partial charge < -0.3 is 10.6 Å². The number of hydrogen-bond acceptors (Lipinski definition) is 3. The Balaban J connectivity index is 1.95. The highest BCUT2D eigenvalue weighted by Gasteiger charge is 2.52. The number of urea groups is 1. The second kappa shape index (κ2) is 7.78. The van der Waals surface area contributed by atoms with Crippen LogP contribution >= 0.6 is 0 Å². The average Bonchev–Trinajstić information content (AvgIpc) is 3.00. The summed E-state index contributed by atoms with van der Waals surface area (Å²) in [4.78, 5) is 16.1. The Bertz CT molecular complexity index is 656. The Morgan fingerprint density at radius 1 is 1.04 bits per heavy atom. The van der Waals surface area contributed by atoms with Gasteiger partial charge in [0.05, 0.1) is 18.4 Å². The highest BCUT2D eigenvalue weighted by molar-refractivity contribution is 5.74. The van der Waals surface area contributed by atoms with E-state index >= 15 is 0 Å². The smallest absolute Gasteiger partial charge is 0.335 e. The summed E-state index contributed by atoms with van der Waals surface area (Å²) in [5.41, 5.74) is -0.321. The van der Waals surface area contributed by atoms with Crippen molar-refractivity contribution in [2.75, 3.05) is 0 Å². The minimum atomic E-state index is -4.75. The van der Waals surface area contributed by atoms with Gasteiger partial charge in [-0.05, 0) is 19.3 Å². The largest absolute Gasteiger partial charge is 0.391 e. The lowest BCUT2D eigenvalue weighted by atomic mass is 9.78. The molecule has 12 heteroatoms. The molecular formula is C16H23F6N5O. The number of carbonyl (C=O) groups is 1. The van der Waals surface area contributed by atoms with Crippen LogP contribution in [0.25, 0.3) is 0 Å². The minimum absolute atomic E-state index is 0.0902. The molecular weight excluding hydrogens is 392 g/mol. The van der Waals surface area contributed by atoms with Crippen LogP contribution in [0.5, 0.6) is 0 Å². The Kier molecular flexibility index (Phi) is 6.19. The average molecular weight is 415 g/mol. The monoisotopic (exact) mass is 415 g/mol. The first kappa shape index (κ1) is 22.3. The number of halogens is 6. The Hall–Kier alpha value is -2.01. The number of hydrogen-bond donors (Lipinski definition) is 3. The van der Waals surface area contributed by atoms with E-state index in [0.29, 0.717) is 11.6 Å². The van der Waals surface area contributed by atoms with Crippen molar-refractivity contribution in [1.29, 1.82) is 0 Å². The van der Waals surface area contributed by atoms with Crippen molar-refractivity contribution >= 4 is 6.03 Å². The number of amides is 2. The predicted octanol–water partition coefficient (Wildman–Crippen LogP) is 3.81. The number of aromatic amines is 1. The lowest BCUT2D eigenvalue weighted by Gasteiger charge is -2.36.